The first-order valence-electron chi connectivity index (χ1n) is 9.38. The molecule has 0 unspecified atom stereocenters. The van der Waals surface area contributed by atoms with Gasteiger partial charge in [-0.05, 0) is 42.7 Å². The molecule has 136 valence electrons. The van der Waals surface area contributed by atoms with Crippen LogP contribution in [0.5, 0.6) is 0 Å². The molecule has 1 heterocycles. The number of imide groups is 1. The van der Waals surface area contributed by atoms with Crippen LogP contribution in [0.3, 0.4) is 0 Å². The summed E-state index contributed by atoms with van der Waals surface area (Å²) >= 11 is 0. The molecule has 2 aliphatic carbocycles. The van der Waals surface area contributed by atoms with E-state index in [1.165, 1.54) is 4.90 Å². The van der Waals surface area contributed by atoms with Crippen LogP contribution in [-0.2, 0) is 14.4 Å². The number of rotatable bonds is 5. The second-order valence-corrected chi connectivity index (χ2v) is 8.05. The summed E-state index contributed by atoms with van der Waals surface area (Å²) in [6, 6.07) is 8.41. The van der Waals surface area contributed by atoms with Crippen LogP contribution < -0.4 is 5.32 Å². The first-order valence-corrected chi connectivity index (χ1v) is 9.38. The number of allylic oxidation sites excluding steroid dienone is 2. The molecule has 26 heavy (non-hydrogen) atoms. The van der Waals surface area contributed by atoms with E-state index in [1.54, 1.807) is 12.1 Å². The second-order valence-electron chi connectivity index (χ2n) is 8.05. The highest BCUT2D eigenvalue weighted by atomic mass is 16.2. The SMILES string of the molecule is CC(C)C[C@H](C(=O)Nc1ccccc1)N1C(=O)[C@@H]2[C@H](C1=O)[C@H]1C=C[C@@H]2C1. The van der Waals surface area contributed by atoms with Crippen molar-refractivity contribution >= 4 is 23.4 Å². The predicted molar refractivity (Wildman–Crippen MR) is 97.9 cm³/mol. The molecule has 3 aliphatic rings. The average Bonchev–Trinajstić information content (AvgIpc) is 3.28. The maximum atomic E-state index is 13.1. The number of likely N-dealkylation sites (tertiary alicyclic amines) is 1. The van der Waals surface area contributed by atoms with E-state index in [0.717, 1.165) is 6.42 Å². The molecular formula is C21H24N2O3. The minimum atomic E-state index is -0.750. The van der Waals surface area contributed by atoms with Crippen molar-refractivity contribution in [3.63, 3.8) is 0 Å². The standard InChI is InChI=1S/C21H24N2O3/c1-12(2)10-16(19(24)22-15-6-4-3-5-7-15)23-20(25)17-13-8-9-14(11-13)18(17)21(23)26/h3-9,12-14,16-18H,10-11H2,1-2H3,(H,22,24)/t13-,14+,16-,17+,18-/m1/s1. The first-order chi connectivity index (χ1) is 12.5. The van der Waals surface area contributed by atoms with Crippen molar-refractivity contribution < 1.29 is 14.4 Å². The van der Waals surface area contributed by atoms with Gasteiger partial charge in [-0.1, -0.05) is 44.2 Å². The van der Waals surface area contributed by atoms with Crippen molar-refractivity contribution in [2.45, 2.75) is 32.7 Å². The third-order valence-electron chi connectivity index (χ3n) is 5.85. The van der Waals surface area contributed by atoms with Gasteiger partial charge in [-0.3, -0.25) is 19.3 Å². The molecule has 0 radical (unpaired) electrons. The monoisotopic (exact) mass is 352 g/mol. The van der Waals surface area contributed by atoms with Crippen molar-refractivity contribution in [3.05, 3.63) is 42.5 Å². The Labute approximate surface area is 153 Å². The Hall–Kier alpha value is -2.43. The Morgan fingerprint density at radius 2 is 1.65 bits per heavy atom. The second kappa shape index (κ2) is 6.38. The van der Waals surface area contributed by atoms with Gasteiger partial charge in [0.2, 0.25) is 17.7 Å². The van der Waals surface area contributed by atoms with Crippen molar-refractivity contribution in [1.82, 2.24) is 4.90 Å². The van der Waals surface area contributed by atoms with Gasteiger partial charge in [-0.25, -0.2) is 0 Å². The van der Waals surface area contributed by atoms with Crippen LogP contribution >= 0.6 is 0 Å². The quantitative estimate of drug-likeness (QED) is 0.654. The van der Waals surface area contributed by atoms with Crippen LogP contribution in [0.1, 0.15) is 26.7 Å². The summed E-state index contributed by atoms with van der Waals surface area (Å²) in [6.07, 6.45) is 5.51. The lowest BCUT2D eigenvalue weighted by Gasteiger charge is -2.28. The Balaban J connectivity index is 1.60. The molecular weight excluding hydrogens is 328 g/mol. The van der Waals surface area contributed by atoms with Crippen molar-refractivity contribution in [2.75, 3.05) is 5.32 Å². The van der Waals surface area contributed by atoms with E-state index in [4.69, 9.17) is 0 Å². The van der Waals surface area contributed by atoms with Gasteiger partial charge < -0.3 is 5.32 Å². The number of hydrogen-bond acceptors (Lipinski definition) is 3. The third kappa shape index (κ3) is 2.66. The first kappa shape index (κ1) is 17.0. The zero-order valence-corrected chi connectivity index (χ0v) is 15.1. The van der Waals surface area contributed by atoms with Crippen molar-refractivity contribution in [2.24, 2.45) is 29.6 Å². The van der Waals surface area contributed by atoms with E-state index >= 15 is 0 Å². The number of fused-ring (bicyclic) bond motifs is 5. The average molecular weight is 352 g/mol. The van der Waals surface area contributed by atoms with Gasteiger partial charge in [0.15, 0.2) is 0 Å². The van der Waals surface area contributed by atoms with Crippen LogP contribution in [0.4, 0.5) is 5.69 Å². The van der Waals surface area contributed by atoms with E-state index in [-0.39, 0.29) is 47.3 Å². The Morgan fingerprint density at radius 1 is 1.08 bits per heavy atom. The molecule has 1 N–H and O–H groups in total. The van der Waals surface area contributed by atoms with E-state index in [9.17, 15) is 14.4 Å². The summed E-state index contributed by atoms with van der Waals surface area (Å²) in [5, 5.41) is 2.87. The maximum Gasteiger partial charge on any atom is 0.247 e. The number of nitrogens with zero attached hydrogens (tertiary/aromatic N) is 1. The van der Waals surface area contributed by atoms with Crippen LogP contribution in [-0.4, -0.2) is 28.7 Å². The van der Waals surface area contributed by atoms with E-state index in [2.05, 4.69) is 17.5 Å². The number of hydrogen-bond donors (Lipinski definition) is 1. The molecule has 1 aromatic carbocycles. The molecule has 5 heteroatoms. The highest BCUT2D eigenvalue weighted by molar-refractivity contribution is 6.10. The van der Waals surface area contributed by atoms with Crippen molar-refractivity contribution in [3.8, 4) is 0 Å². The molecule has 1 aromatic rings. The molecule has 5 nitrogen and oxygen atoms in total. The zero-order chi connectivity index (χ0) is 18.4. The molecule has 2 fully saturated rings. The maximum absolute atomic E-state index is 13.1. The summed E-state index contributed by atoms with van der Waals surface area (Å²) in [5.74, 6) is -0.638. The summed E-state index contributed by atoms with van der Waals surface area (Å²) in [7, 11) is 0. The minimum Gasteiger partial charge on any atom is -0.324 e. The van der Waals surface area contributed by atoms with Gasteiger partial charge in [0.05, 0.1) is 11.8 Å². The van der Waals surface area contributed by atoms with E-state index in [0.29, 0.717) is 12.1 Å². The van der Waals surface area contributed by atoms with Crippen LogP contribution in [0.15, 0.2) is 42.5 Å². The Morgan fingerprint density at radius 3 is 2.19 bits per heavy atom. The number of benzene rings is 1. The van der Waals surface area contributed by atoms with Crippen LogP contribution in [0, 0.1) is 29.6 Å². The molecule has 5 atom stereocenters. The molecule has 1 saturated carbocycles. The number of amides is 3. The molecule has 1 aliphatic heterocycles. The highest BCUT2D eigenvalue weighted by Gasteiger charge is 2.61. The lowest BCUT2D eigenvalue weighted by atomic mass is 9.85. The van der Waals surface area contributed by atoms with Gasteiger partial charge in [0.1, 0.15) is 6.04 Å². The molecule has 0 spiro atoms. The third-order valence-corrected chi connectivity index (χ3v) is 5.85. The fraction of sp³-hybridized carbons (Fsp3) is 0.476. The van der Waals surface area contributed by atoms with Crippen LogP contribution in [0.25, 0.3) is 0 Å². The van der Waals surface area contributed by atoms with E-state index in [1.807, 2.05) is 32.0 Å². The number of para-hydroxylation sites is 1. The van der Waals surface area contributed by atoms with Gasteiger partial charge in [0, 0.05) is 5.69 Å². The summed E-state index contributed by atoms with van der Waals surface area (Å²) in [6.45, 7) is 4.00. The predicted octanol–water partition coefficient (Wildman–Crippen LogP) is 2.85. The summed E-state index contributed by atoms with van der Waals surface area (Å²) < 4.78 is 0. The molecule has 1 saturated heterocycles. The molecule has 4 rings (SSSR count). The fourth-order valence-corrected chi connectivity index (χ4v) is 4.76. The van der Waals surface area contributed by atoms with Gasteiger partial charge in [-0.15, -0.1) is 0 Å². The number of nitrogens with one attached hydrogen (secondary N) is 1. The zero-order valence-electron chi connectivity index (χ0n) is 15.1. The highest BCUT2D eigenvalue weighted by Crippen LogP contribution is 2.53. The minimum absolute atomic E-state index is 0.156. The Bertz CT molecular complexity index is 741. The lowest BCUT2D eigenvalue weighted by Crippen LogP contribution is -2.49. The fourth-order valence-electron chi connectivity index (χ4n) is 4.76. The summed E-state index contributed by atoms with van der Waals surface area (Å²) in [4.78, 5) is 40.3. The van der Waals surface area contributed by atoms with Crippen LogP contribution in [0.2, 0.25) is 0 Å². The number of carbonyl (C=O) groups excluding carboxylic acids is 3. The van der Waals surface area contributed by atoms with Gasteiger partial charge in [-0.2, -0.15) is 0 Å². The van der Waals surface area contributed by atoms with Crippen molar-refractivity contribution in [1.29, 1.82) is 0 Å². The smallest absolute Gasteiger partial charge is 0.247 e. The summed E-state index contributed by atoms with van der Waals surface area (Å²) in [5.41, 5.74) is 0.673. The molecule has 3 amide bonds. The van der Waals surface area contributed by atoms with Gasteiger partial charge >= 0.3 is 0 Å². The van der Waals surface area contributed by atoms with E-state index < -0.39 is 6.04 Å². The molecule has 2 bridgehead atoms. The van der Waals surface area contributed by atoms with Gasteiger partial charge in [0.25, 0.3) is 0 Å². The normalized spacial score (nSPS) is 30.2. The Kier molecular flexibility index (Phi) is 4.17. The topological polar surface area (TPSA) is 66.5 Å². The molecule has 0 aromatic heterocycles. The largest absolute Gasteiger partial charge is 0.324 e. The lowest BCUT2D eigenvalue weighted by molar-refractivity contribution is -0.147. The number of carbonyl (C=O) groups is 3. The number of anilines is 1.